The van der Waals surface area contributed by atoms with E-state index in [9.17, 15) is 4.79 Å². The van der Waals surface area contributed by atoms with Gasteiger partial charge in [0.2, 0.25) is 5.91 Å². The Morgan fingerprint density at radius 3 is 2.44 bits per heavy atom. The highest BCUT2D eigenvalue weighted by Crippen LogP contribution is 2.17. The summed E-state index contributed by atoms with van der Waals surface area (Å²) in [5.41, 5.74) is 0. The van der Waals surface area contributed by atoms with Crippen LogP contribution in [0.2, 0.25) is 0 Å². The number of carbonyl (C=O) groups is 1. The molecular formula is C5H9NOS2. The predicted molar refractivity (Wildman–Crippen MR) is 42.7 cm³/mol. The maximum atomic E-state index is 10.8. The van der Waals surface area contributed by atoms with Crippen molar-refractivity contribution in [2.75, 3.05) is 6.54 Å². The van der Waals surface area contributed by atoms with Crippen molar-refractivity contribution in [2.45, 2.75) is 17.5 Å². The monoisotopic (exact) mass is 163 g/mol. The average molecular weight is 163 g/mol. The number of hydrogen-bond acceptors (Lipinski definition) is 3. The summed E-state index contributed by atoms with van der Waals surface area (Å²) in [5.74, 6) is 0.171. The van der Waals surface area contributed by atoms with Crippen LogP contribution in [0.1, 0.15) is 12.8 Å². The molecule has 52 valence electrons. The van der Waals surface area contributed by atoms with Crippen molar-refractivity contribution in [1.29, 1.82) is 0 Å². The Balaban J connectivity index is 2.49. The summed E-state index contributed by atoms with van der Waals surface area (Å²) in [7, 11) is 0. The molecule has 1 rings (SSSR count). The van der Waals surface area contributed by atoms with Gasteiger partial charge < -0.3 is 4.90 Å². The zero-order valence-corrected chi connectivity index (χ0v) is 6.74. The smallest absolute Gasteiger partial charge is 0.224 e. The first kappa shape index (κ1) is 7.28. The molecule has 0 spiro atoms. The van der Waals surface area contributed by atoms with Crippen LogP contribution in [0.15, 0.2) is 0 Å². The van der Waals surface area contributed by atoms with E-state index in [0.29, 0.717) is 6.42 Å². The Kier molecular flexibility index (Phi) is 2.29. The first-order chi connectivity index (χ1) is 4.22. The van der Waals surface area contributed by atoms with Crippen LogP contribution in [0.3, 0.4) is 0 Å². The van der Waals surface area contributed by atoms with E-state index in [1.165, 1.54) is 0 Å². The van der Waals surface area contributed by atoms with Gasteiger partial charge in [0.25, 0.3) is 0 Å². The highest BCUT2D eigenvalue weighted by atomic mass is 32.2. The van der Waals surface area contributed by atoms with Crippen molar-refractivity contribution in [3.8, 4) is 0 Å². The summed E-state index contributed by atoms with van der Waals surface area (Å²) in [6.45, 7) is 0.816. The van der Waals surface area contributed by atoms with E-state index in [4.69, 9.17) is 0 Å². The first-order valence-corrected chi connectivity index (χ1v) is 3.90. The van der Waals surface area contributed by atoms with Gasteiger partial charge in [-0.05, 0) is 6.42 Å². The summed E-state index contributed by atoms with van der Waals surface area (Å²) in [5, 5.41) is 0. The van der Waals surface area contributed by atoms with Crippen molar-refractivity contribution in [3.63, 3.8) is 0 Å². The molecule has 0 atom stereocenters. The molecule has 0 aromatic carbocycles. The molecule has 9 heavy (non-hydrogen) atoms. The second-order valence-electron chi connectivity index (χ2n) is 2.04. The van der Waals surface area contributed by atoms with Crippen molar-refractivity contribution in [1.82, 2.24) is 4.90 Å². The molecule has 0 aromatic rings. The van der Waals surface area contributed by atoms with Gasteiger partial charge in [-0.25, -0.2) is 0 Å². The van der Waals surface area contributed by atoms with Crippen LogP contribution in [0, 0.1) is 0 Å². The SMILES string of the molecule is O=C1CCCN1C(S)S. The van der Waals surface area contributed by atoms with Gasteiger partial charge in [0.15, 0.2) is 0 Å². The molecule has 1 saturated heterocycles. The Hall–Kier alpha value is 0.170. The molecule has 0 radical (unpaired) electrons. The summed E-state index contributed by atoms with van der Waals surface area (Å²) in [6, 6.07) is 0. The minimum Gasteiger partial charge on any atom is -0.322 e. The van der Waals surface area contributed by atoms with Gasteiger partial charge in [-0.1, -0.05) is 0 Å². The first-order valence-electron chi connectivity index (χ1n) is 2.87. The second kappa shape index (κ2) is 2.84. The number of amides is 1. The topological polar surface area (TPSA) is 20.3 Å². The van der Waals surface area contributed by atoms with E-state index in [-0.39, 0.29) is 10.6 Å². The fraction of sp³-hybridized carbons (Fsp3) is 0.800. The van der Waals surface area contributed by atoms with Crippen molar-refractivity contribution in [3.05, 3.63) is 0 Å². The zero-order chi connectivity index (χ0) is 6.85. The normalized spacial score (nSPS) is 19.9. The van der Waals surface area contributed by atoms with Gasteiger partial charge >= 0.3 is 0 Å². The molecule has 1 amide bonds. The van der Waals surface area contributed by atoms with E-state index < -0.39 is 0 Å². The third-order valence-electron chi connectivity index (χ3n) is 1.39. The van der Waals surface area contributed by atoms with Gasteiger partial charge in [0.05, 0.1) is 0 Å². The van der Waals surface area contributed by atoms with E-state index in [2.05, 4.69) is 25.3 Å². The predicted octanol–water partition coefficient (Wildman–Crippen LogP) is 0.752. The Morgan fingerprint density at radius 1 is 1.56 bits per heavy atom. The highest BCUT2D eigenvalue weighted by Gasteiger charge is 2.22. The number of hydrogen-bond donors (Lipinski definition) is 2. The summed E-state index contributed by atoms with van der Waals surface area (Å²) in [4.78, 5) is 12.5. The molecule has 4 heteroatoms. The Labute approximate surface area is 65.4 Å². The molecule has 0 bridgehead atoms. The van der Waals surface area contributed by atoms with Gasteiger partial charge in [-0.3, -0.25) is 4.79 Å². The van der Waals surface area contributed by atoms with Gasteiger partial charge in [0, 0.05) is 13.0 Å². The summed E-state index contributed by atoms with van der Waals surface area (Å²) < 4.78 is -0.208. The number of carbonyl (C=O) groups excluding carboxylic acids is 1. The van der Waals surface area contributed by atoms with Crippen LogP contribution in [0.5, 0.6) is 0 Å². The molecule has 0 N–H and O–H groups in total. The fourth-order valence-corrected chi connectivity index (χ4v) is 1.40. The Bertz CT molecular complexity index is 126. The molecular weight excluding hydrogens is 154 g/mol. The molecule has 2 nitrogen and oxygen atoms in total. The molecule has 1 aliphatic rings. The number of rotatable bonds is 1. The van der Waals surface area contributed by atoms with Crippen molar-refractivity contribution >= 4 is 31.2 Å². The summed E-state index contributed by atoms with van der Waals surface area (Å²) in [6.07, 6.45) is 1.62. The minimum absolute atomic E-state index is 0.171. The van der Waals surface area contributed by atoms with Gasteiger partial charge in [0.1, 0.15) is 4.71 Å². The lowest BCUT2D eigenvalue weighted by molar-refractivity contribution is -0.127. The average Bonchev–Trinajstić information content (AvgIpc) is 2.13. The van der Waals surface area contributed by atoms with Crippen LogP contribution < -0.4 is 0 Å². The fourth-order valence-electron chi connectivity index (χ4n) is 0.913. The van der Waals surface area contributed by atoms with Crippen LogP contribution in [-0.4, -0.2) is 22.1 Å². The maximum Gasteiger partial charge on any atom is 0.224 e. The zero-order valence-electron chi connectivity index (χ0n) is 4.95. The van der Waals surface area contributed by atoms with Crippen molar-refractivity contribution in [2.24, 2.45) is 0 Å². The number of likely N-dealkylation sites (tertiary alicyclic amines) is 1. The van der Waals surface area contributed by atoms with Gasteiger partial charge in [-0.2, -0.15) is 0 Å². The molecule has 0 aliphatic carbocycles. The third-order valence-corrected chi connectivity index (χ3v) is 1.95. The van der Waals surface area contributed by atoms with E-state index in [1.54, 1.807) is 4.90 Å². The molecule has 0 unspecified atom stereocenters. The van der Waals surface area contributed by atoms with E-state index in [1.807, 2.05) is 0 Å². The van der Waals surface area contributed by atoms with Crippen LogP contribution in [-0.2, 0) is 4.79 Å². The molecule has 1 aliphatic heterocycles. The quantitative estimate of drug-likeness (QED) is 0.432. The third kappa shape index (κ3) is 1.55. The highest BCUT2D eigenvalue weighted by molar-refractivity contribution is 7.99. The van der Waals surface area contributed by atoms with Crippen LogP contribution in [0.4, 0.5) is 0 Å². The van der Waals surface area contributed by atoms with Crippen molar-refractivity contribution < 1.29 is 4.79 Å². The number of thiol groups is 2. The molecule has 1 heterocycles. The second-order valence-corrected chi connectivity index (χ2v) is 3.42. The van der Waals surface area contributed by atoms with Crippen LogP contribution >= 0.6 is 25.3 Å². The van der Waals surface area contributed by atoms with E-state index in [0.717, 1.165) is 13.0 Å². The lowest BCUT2D eigenvalue weighted by Crippen LogP contribution is -2.28. The van der Waals surface area contributed by atoms with Gasteiger partial charge in [-0.15, -0.1) is 25.3 Å². The molecule has 0 aromatic heterocycles. The molecule has 1 fully saturated rings. The minimum atomic E-state index is -0.208. The lowest BCUT2D eigenvalue weighted by atomic mass is 10.4. The number of nitrogens with zero attached hydrogens (tertiary/aromatic N) is 1. The molecule has 0 saturated carbocycles. The summed E-state index contributed by atoms with van der Waals surface area (Å²) >= 11 is 8.04. The lowest BCUT2D eigenvalue weighted by Gasteiger charge is -2.17. The largest absolute Gasteiger partial charge is 0.322 e. The Morgan fingerprint density at radius 2 is 2.22 bits per heavy atom. The standard InChI is InChI=1S/C5H9NOS2/c7-4-2-1-3-6(4)5(8)9/h5,8-9H,1-3H2. The maximum absolute atomic E-state index is 10.8. The van der Waals surface area contributed by atoms with Crippen LogP contribution in [0.25, 0.3) is 0 Å². The van der Waals surface area contributed by atoms with E-state index >= 15 is 0 Å².